The van der Waals surface area contributed by atoms with Crippen molar-refractivity contribution in [2.75, 3.05) is 26.2 Å². The quantitative estimate of drug-likeness (QED) is 0.846. The van der Waals surface area contributed by atoms with Crippen LogP contribution in [0, 0.1) is 0 Å². The van der Waals surface area contributed by atoms with E-state index >= 15 is 0 Å². The maximum atomic E-state index is 12.7. The van der Waals surface area contributed by atoms with E-state index in [1.54, 1.807) is 17.9 Å². The predicted molar refractivity (Wildman–Crippen MR) is 88.5 cm³/mol. The maximum absolute atomic E-state index is 12.7. The molecule has 0 spiro atoms. The lowest BCUT2D eigenvalue weighted by Gasteiger charge is -2.36. The number of sulfonamides is 1. The zero-order valence-corrected chi connectivity index (χ0v) is 14.9. The third-order valence-electron chi connectivity index (χ3n) is 3.90. The van der Waals surface area contributed by atoms with E-state index in [9.17, 15) is 18.3 Å². The van der Waals surface area contributed by atoms with E-state index in [-0.39, 0.29) is 28.0 Å². The Morgan fingerprint density at radius 3 is 2.17 bits per heavy atom. The Morgan fingerprint density at radius 2 is 1.74 bits per heavy atom. The summed E-state index contributed by atoms with van der Waals surface area (Å²) in [5.74, 6) is -0.891. The molecule has 1 unspecified atom stereocenters. The molecule has 0 aliphatic carbocycles. The van der Waals surface area contributed by atoms with Gasteiger partial charge in [-0.1, -0.05) is 36.2 Å². The van der Waals surface area contributed by atoms with E-state index in [0.717, 1.165) is 0 Å². The molecule has 1 aromatic rings. The Kier molecular flexibility index (Phi) is 5.91. The van der Waals surface area contributed by atoms with Gasteiger partial charge in [-0.2, -0.15) is 4.31 Å². The van der Waals surface area contributed by atoms with Gasteiger partial charge in [-0.3, -0.25) is 9.69 Å². The summed E-state index contributed by atoms with van der Waals surface area (Å²) in [6, 6.07) is 3.95. The van der Waals surface area contributed by atoms with Gasteiger partial charge in [0, 0.05) is 26.2 Å². The highest BCUT2D eigenvalue weighted by molar-refractivity contribution is 7.89. The average Bonchev–Trinajstić information content (AvgIpc) is 2.47. The van der Waals surface area contributed by atoms with Gasteiger partial charge in [0.1, 0.15) is 10.9 Å². The Labute approximate surface area is 145 Å². The van der Waals surface area contributed by atoms with Crippen molar-refractivity contribution in [1.29, 1.82) is 0 Å². The summed E-state index contributed by atoms with van der Waals surface area (Å²) in [7, 11) is -3.80. The third-order valence-corrected chi connectivity index (χ3v) is 6.76. The summed E-state index contributed by atoms with van der Waals surface area (Å²) in [5.41, 5.74) is 0. The molecule has 1 aliphatic heterocycles. The van der Waals surface area contributed by atoms with Gasteiger partial charge >= 0.3 is 5.97 Å². The van der Waals surface area contributed by atoms with Crippen molar-refractivity contribution in [3.05, 3.63) is 28.2 Å². The minimum absolute atomic E-state index is 0.0805. The van der Waals surface area contributed by atoms with E-state index in [0.29, 0.717) is 19.5 Å². The van der Waals surface area contributed by atoms with E-state index in [1.807, 2.05) is 0 Å². The fraction of sp³-hybridized carbons (Fsp3) is 0.500. The molecule has 0 saturated carbocycles. The maximum Gasteiger partial charge on any atom is 0.320 e. The number of aliphatic carboxylic acids is 1. The number of halogens is 2. The molecule has 1 N–H and O–H groups in total. The molecule has 0 amide bonds. The molecule has 1 aromatic carbocycles. The van der Waals surface area contributed by atoms with Crippen molar-refractivity contribution in [2.24, 2.45) is 0 Å². The number of benzene rings is 1. The SMILES string of the molecule is CCC(C(=O)O)N1CCN(S(=O)(=O)c2c(Cl)cccc2Cl)CC1. The summed E-state index contributed by atoms with van der Waals surface area (Å²) in [6.45, 7) is 2.91. The van der Waals surface area contributed by atoms with E-state index in [2.05, 4.69) is 0 Å². The molecule has 0 aromatic heterocycles. The van der Waals surface area contributed by atoms with Crippen molar-refractivity contribution in [3.63, 3.8) is 0 Å². The van der Waals surface area contributed by atoms with Crippen molar-refractivity contribution in [1.82, 2.24) is 9.21 Å². The van der Waals surface area contributed by atoms with Gasteiger partial charge in [0.15, 0.2) is 0 Å². The van der Waals surface area contributed by atoms with Crippen LogP contribution in [-0.2, 0) is 14.8 Å². The molecule has 1 fully saturated rings. The fourth-order valence-corrected chi connectivity index (χ4v) is 5.22. The lowest BCUT2D eigenvalue weighted by Crippen LogP contribution is -2.53. The van der Waals surface area contributed by atoms with Crippen LogP contribution in [0.3, 0.4) is 0 Å². The third kappa shape index (κ3) is 3.80. The van der Waals surface area contributed by atoms with Crippen molar-refractivity contribution in [3.8, 4) is 0 Å². The lowest BCUT2D eigenvalue weighted by molar-refractivity contribution is -0.143. The average molecular weight is 381 g/mol. The molecule has 2 rings (SSSR count). The monoisotopic (exact) mass is 380 g/mol. The number of nitrogens with zero attached hydrogens (tertiary/aromatic N) is 2. The normalized spacial score (nSPS) is 18.7. The van der Waals surface area contributed by atoms with Crippen LogP contribution in [0.5, 0.6) is 0 Å². The first-order chi connectivity index (χ1) is 10.8. The van der Waals surface area contributed by atoms with Gasteiger partial charge in [-0.05, 0) is 18.6 Å². The minimum atomic E-state index is -3.80. The first-order valence-electron chi connectivity index (χ1n) is 7.20. The van der Waals surface area contributed by atoms with Gasteiger partial charge in [-0.15, -0.1) is 0 Å². The Balaban J connectivity index is 2.18. The molecule has 1 aliphatic rings. The van der Waals surface area contributed by atoms with Crippen molar-refractivity contribution >= 4 is 39.2 Å². The van der Waals surface area contributed by atoms with Crippen LogP contribution in [0.4, 0.5) is 0 Å². The van der Waals surface area contributed by atoms with Gasteiger partial charge < -0.3 is 5.11 Å². The number of carboxylic acids is 1. The van der Waals surface area contributed by atoms with Crippen LogP contribution in [0.15, 0.2) is 23.1 Å². The van der Waals surface area contributed by atoms with Crippen molar-refractivity contribution < 1.29 is 18.3 Å². The first kappa shape index (κ1) is 18.5. The highest BCUT2D eigenvalue weighted by Gasteiger charge is 2.34. The minimum Gasteiger partial charge on any atom is -0.480 e. The number of carbonyl (C=O) groups is 1. The number of hydrogen-bond donors (Lipinski definition) is 1. The van der Waals surface area contributed by atoms with Gasteiger partial charge in [0.05, 0.1) is 10.0 Å². The van der Waals surface area contributed by atoms with Crippen LogP contribution in [0.25, 0.3) is 0 Å². The van der Waals surface area contributed by atoms with E-state index in [1.165, 1.54) is 16.4 Å². The van der Waals surface area contributed by atoms with Crippen LogP contribution in [0.2, 0.25) is 10.0 Å². The smallest absolute Gasteiger partial charge is 0.320 e. The zero-order chi connectivity index (χ0) is 17.2. The molecule has 23 heavy (non-hydrogen) atoms. The predicted octanol–water partition coefficient (Wildman–Crippen LogP) is 2.16. The molecule has 0 bridgehead atoms. The fourth-order valence-electron chi connectivity index (χ4n) is 2.70. The van der Waals surface area contributed by atoms with Crippen LogP contribution < -0.4 is 0 Å². The standard InChI is InChI=1S/C14H18Cl2N2O4S/c1-2-12(14(19)20)17-6-8-18(9-7-17)23(21,22)13-10(15)4-3-5-11(13)16/h3-5,12H,2,6-9H2,1H3,(H,19,20). The van der Waals surface area contributed by atoms with Crippen LogP contribution >= 0.6 is 23.2 Å². The summed E-state index contributed by atoms with van der Waals surface area (Å²) >= 11 is 12.0. The number of carboxylic acid groups (broad SMARTS) is 1. The lowest BCUT2D eigenvalue weighted by atomic mass is 10.1. The molecule has 1 saturated heterocycles. The summed E-state index contributed by atoms with van der Waals surface area (Å²) < 4.78 is 26.8. The molecule has 9 heteroatoms. The van der Waals surface area contributed by atoms with Crippen molar-refractivity contribution in [2.45, 2.75) is 24.3 Å². The molecular weight excluding hydrogens is 363 g/mol. The Morgan fingerprint density at radius 1 is 1.22 bits per heavy atom. The topological polar surface area (TPSA) is 77.9 Å². The Bertz CT molecular complexity index is 668. The van der Waals surface area contributed by atoms with Crippen LogP contribution in [0.1, 0.15) is 13.3 Å². The molecule has 128 valence electrons. The second-order valence-electron chi connectivity index (χ2n) is 5.25. The zero-order valence-electron chi connectivity index (χ0n) is 12.6. The first-order valence-corrected chi connectivity index (χ1v) is 9.39. The van der Waals surface area contributed by atoms with Gasteiger partial charge in [0.2, 0.25) is 10.0 Å². The molecule has 6 nitrogen and oxygen atoms in total. The number of piperazine rings is 1. The summed E-state index contributed by atoms with van der Waals surface area (Å²) in [5, 5.41) is 9.35. The Hall–Kier alpha value is -0.860. The second-order valence-corrected chi connectivity index (χ2v) is 7.94. The molecular formula is C14H18Cl2N2O4S. The molecule has 1 heterocycles. The summed E-state index contributed by atoms with van der Waals surface area (Å²) in [6.07, 6.45) is 0.471. The highest BCUT2D eigenvalue weighted by Crippen LogP contribution is 2.32. The largest absolute Gasteiger partial charge is 0.480 e. The van der Waals surface area contributed by atoms with E-state index in [4.69, 9.17) is 23.2 Å². The highest BCUT2D eigenvalue weighted by atomic mass is 35.5. The second kappa shape index (κ2) is 7.36. The molecule has 1 atom stereocenters. The van der Waals surface area contributed by atoms with E-state index < -0.39 is 22.0 Å². The van der Waals surface area contributed by atoms with Gasteiger partial charge in [0.25, 0.3) is 0 Å². The number of hydrogen-bond acceptors (Lipinski definition) is 4. The van der Waals surface area contributed by atoms with Crippen LogP contribution in [-0.4, -0.2) is 60.9 Å². The molecule has 0 radical (unpaired) electrons. The van der Waals surface area contributed by atoms with Gasteiger partial charge in [-0.25, -0.2) is 8.42 Å². The number of rotatable bonds is 5. The summed E-state index contributed by atoms with van der Waals surface area (Å²) in [4.78, 5) is 12.9.